The topological polar surface area (TPSA) is 66.6 Å². The van der Waals surface area contributed by atoms with Gasteiger partial charge < -0.3 is 10.0 Å². The predicted octanol–water partition coefficient (Wildman–Crippen LogP) is 4.29. The summed E-state index contributed by atoms with van der Waals surface area (Å²) in [6.45, 7) is 1.29. The SMILES string of the molecule is CO.O=[N+]([O-])c1ccc(N2CCC(Cc3ccccc3)C2)cc1C(F)(F)F. The number of aliphatic hydroxyl groups excluding tert-OH is 1. The van der Waals surface area contributed by atoms with E-state index >= 15 is 0 Å². The van der Waals surface area contributed by atoms with Crippen LogP contribution in [0, 0.1) is 16.0 Å². The molecule has 1 aliphatic heterocycles. The second kappa shape index (κ2) is 8.85. The van der Waals surface area contributed by atoms with E-state index in [-0.39, 0.29) is 0 Å². The molecule has 2 aromatic rings. The largest absolute Gasteiger partial charge is 0.423 e. The smallest absolute Gasteiger partial charge is 0.400 e. The number of rotatable bonds is 4. The molecule has 1 unspecified atom stereocenters. The first-order valence-electron chi connectivity index (χ1n) is 8.44. The van der Waals surface area contributed by atoms with Crippen LogP contribution in [0.5, 0.6) is 0 Å². The molecule has 1 N–H and O–H groups in total. The van der Waals surface area contributed by atoms with Crippen LogP contribution in [0.25, 0.3) is 0 Å². The third kappa shape index (κ3) is 5.19. The minimum atomic E-state index is -4.75. The number of nitrogens with zero attached hydrogens (tertiary/aromatic N) is 2. The molecule has 3 rings (SSSR count). The lowest BCUT2D eigenvalue weighted by Gasteiger charge is -2.20. The van der Waals surface area contributed by atoms with Crippen molar-refractivity contribution in [2.24, 2.45) is 5.92 Å². The molecule has 0 bridgehead atoms. The van der Waals surface area contributed by atoms with E-state index in [1.807, 2.05) is 35.2 Å². The van der Waals surface area contributed by atoms with Crippen molar-refractivity contribution in [3.8, 4) is 0 Å². The predicted molar refractivity (Wildman–Crippen MR) is 96.7 cm³/mol. The van der Waals surface area contributed by atoms with E-state index < -0.39 is 22.4 Å². The summed E-state index contributed by atoms with van der Waals surface area (Å²) in [4.78, 5) is 11.7. The zero-order valence-corrected chi connectivity index (χ0v) is 14.8. The monoisotopic (exact) mass is 382 g/mol. The summed E-state index contributed by atoms with van der Waals surface area (Å²) in [5.41, 5.74) is -0.514. The van der Waals surface area contributed by atoms with E-state index in [1.165, 1.54) is 11.6 Å². The molecule has 0 aromatic heterocycles. The number of nitro groups is 1. The van der Waals surface area contributed by atoms with Gasteiger partial charge in [-0.05, 0) is 36.5 Å². The number of benzene rings is 2. The number of anilines is 1. The number of nitro benzene ring substituents is 1. The quantitative estimate of drug-likeness (QED) is 0.633. The van der Waals surface area contributed by atoms with Crippen LogP contribution < -0.4 is 4.90 Å². The number of alkyl halides is 3. The maximum absolute atomic E-state index is 13.1. The first-order valence-corrected chi connectivity index (χ1v) is 8.44. The molecule has 1 heterocycles. The van der Waals surface area contributed by atoms with Crippen molar-refractivity contribution in [1.29, 1.82) is 0 Å². The van der Waals surface area contributed by atoms with Crippen LogP contribution in [0.2, 0.25) is 0 Å². The Morgan fingerprint density at radius 3 is 2.44 bits per heavy atom. The van der Waals surface area contributed by atoms with Crippen LogP contribution in [0.4, 0.5) is 24.5 Å². The van der Waals surface area contributed by atoms with E-state index in [4.69, 9.17) is 5.11 Å². The molecule has 0 aliphatic carbocycles. The summed E-state index contributed by atoms with van der Waals surface area (Å²) >= 11 is 0. The van der Waals surface area contributed by atoms with Gasteiger partial charge in [-0.2, -0.15) is 13.2 Å². The van der Waals surface area contributed by atoms with Crippen molar-refractivity contribution < 1.29 is 23.2 Å². The van der Waals surface area contributed by atoms with E-state index in [2.05, 4.69) is 0 Å². The average Bonchev–Trinajstić information content (AvgIpc) is 3.11. The van der Waals surface area contributed by atoms with E-state index in [0.29, 0.717) is 24.7 Å². The van der Waals surface area contributed by atoms with Crippen LogP contribution in [0.15, 0.2) is 48.5 Å². The molecule has 8 heteroatoms. The molecule has 0 radical (unpaired) electrons. The maximum atomic E-state index is 13.1. The first-order chi connectivity index (χ1) is 12.8. The third-order valence-corrected chi connectivity index (χ3v) is 4.50. The van der Waals surface area contributed by atoms with Crippen LogP contribution >= 0.6 is 0 Å². The third-order valence-electron chi connectivity index (χ3n) is 4.50. The fraction of sp³-hybridized carbons (Fsp3) is 0.368. The van der Waals surface area contributed by atoms with Crippen LogP contribution in [-0.2, 0) is 12.6 Å². The molecule has 1 fully saturated rings. The molecule has 146 valence electrons. The summed E-state index contributed by atoms with van der Waals surface area (Å²) in [5.74, 6) is 0.354. The van der Waals surface area contributed by atoms with Gasteiger partial charge in [-0.1, -0.05) is 30.3 Å². The first kappa shape index (κ1) is 20.7. The Bertz CT molecular complexity index is 767. The van der Waals surface area contributed by atoms with Gasteiger partial charge >= 0.3 is 6.18 Å². The Hall–Kier alpha value is -2.61. The van der Waals surface area contributed by atoms with Crippen LogP contribution in [0.3, 0.4) is 0 Å². The molecule has 5 nitrogen and oxygen atoms in total. The van der Waals surface area contributed by atoms with Crippen LogP contribution in [-0.4, -0.2) is 30.2 Å². The molecule has 1 saturated heterocycles. The van der Waals surface area contributed by atoms with Crippen molar-refractivity contribution in [2.75, 3.05) is 25.1 Å². The summed E-state index contributed by atoms with van der Waals surface area (Å²) in [6, 6.07) is 13.2. The Morgan fingerprint density at radius 2 is 1.85 bits per heavy atom. The van der Waals surface area contributed by atoms with Gasteiger partial charge in [-0.15, -0.1) is 0 Å². The average molecular weight is 382 g/mol. The van der Waals surface area contributed by atoms with Gasteiger partial charge in [0.25, 0.3) is 5.69 Å². The van der Waals surface area contributed by atoms with E-state index in [0.717, 1.165) is 32.1 Å². The van der Waals surface area contributed by atoms with Gasteiger partial charge in [0, 0.05) is 32.0 Å². The number of hydrogen-bond acceptors (Lipinski definition) is 4. The van der Waals surface area contributed by atoms with E-state index in [1.54, 1.807) is 0 Å². The number of halogens is 3. The Morgan fingerprint density at radius 1 is 1.19 bits per heavy atom. The minimum Gasteiger partial charge on any atom is -0.400 e. The standard InChI is InChI=1S/C18H17F3N2O2.CH4O/c19-18(20,21)16-11-15(6-7-17(16)23(24)25)22-9-8-14(12-22)10-13-4-2-1-3-5-13;1-2/h1-7,11,14H,8-10,12H2;2H,1H3. The summed E-state index contributed by atoms with van der Waals surface area (Å²) in [5, 5.41) is 17.8. The van der Waals surface area contributed by atoms with Gasteiger partial charge in [-0.25, -0.2) is 0 Å². The maximum Gasteiger partial charge on any atom is 0.423 e. The molecular formula is C19H21F3N2O3. The number of aliphatic hydroxyl groups is 1. The van der Waals surface area contributed by atoms with Gasteiger partial charge in [-0.3, -0.25) is 10.1 Å². The lowest BCUT2D eigenvalue weighted by molar-refractivity contribution is -0.388. The molecule has 27 heavy (non-hydrogen) atoms. The highest BCUT2D eigenvalue weighted by Crippen LogP contribution is 2.39. The van der Waals surface area contributed by atoms with Gasteiger partial charge in [0.15, 0.2) is 0 Å². The molecular weight excluding hydrogens is 361 g/mol. The second-order valence-electron chi connectivity index (χ2n) is 6.25. The lowest BCUT2D eigenvalue weighted by Crippen LogP contribution is -2.21. The summed E-state index contributed by atoms with van der Waals surface area (Å²) < 4.78 is 39.4. The van der Waals surface area contributed by atoms with Crippen molar-refractivity contribution >= 4 is 11.4 Å². The fourth-order valence-electron chi connectivity index (χ4n) is 3.29. The molecule has 1 atom stereocenters. The van der Waals surface area contributed by atoms with E-state index in [9.17, 15) is 23.3 Å². The Balaban J connectivity index is 0.00000126. The highest BCUT2D eigenvalue weighted by atomic mass is 19.4. The van der Waals surface area contributed by atoms with Gasteiger partial charge in [0.1, 0.15) is 5.56 Å². The minimum absolute atomic E-state index is 0.354. The molecule has 0 saturated carbocycles. The van der Waals surface area contributed by atoms with Crippen molar-refractivity contribution in [2.45, 2.75) is 19.0 Å². The summed E-state index contributed by atoms with van der Waals surface area (Å²) in [6.07, 6.45) is -2.99. The van der Waals surface area contributed by atoms with Crippen molar-refractivity contribution in [1.82, 2.24) is 0 Å². The highest BCUT2D eigenvalue weighted by Gasteiger charge is 2.39. The molecule has 0 spiro atoms. The normalized spacial score (nSPS) is 16.6. The molecule has 2 aromatic carbocycles. The molecule has 1 aliphatic rings. The van der Waals surface area contributed by atoms with Gasteiger partial charge in [0.2, 0.25) is 0 Å². The zero-order chi connectivity index (χ0) is 20.0. The Labute approximate surface area is 155 Å². The van der Waals surface area contributed by atoms with Crippen LogP contribution in [0.1, 0.15) is 17.5 Å². The highest BCUT2D eigenvalue weighted by molar-refractivity contribution is 5.57. The Kier molecular flexibility index (Phi) is 6.79. The second-order valence-corrected chi connectivity index (χ2v) is 6.25. The molecule has 0 amide bonds. The van der Waals surface area contributed by atoms with Crippen molar-refractivity contribution in [3.05, 3.63) is 69.8 Å². The van der Waals surface area contributed by atoms with Gasteiger partial charge in [0.05, 0.1) is 4.92 Å². The number of hydrogen-bond donors (Lipinski definition) is 1. The zero-order valence-electron chi connectivity index (χ0n) is 14.8. The summed E-state index contributed by atoms with van der Waals surface area (Å²) in [7, 11) is 1.00. The van der Waals surface area contributed by atoms with Crippen molar-refractivity contribution in [3.63, 3.8) is 0 Å². The lowest BCUT2D eigenvalue weighted by atomic mass is 9.99. The fourth-order valence-corrected chi connectivity index (χ4v) is 3.29.